The van der Waals surface area contributed by atoms with E-state index in [1.165, 1.54) is 5.56 Å². The fourth-order valence-corrected chi connectivity index (χ4v) is 3.77. The third kappa shape index (κ3) is 4.86. The van der Waals surface area contributed by atoms with Gasteiger partial charge in [0.15, 0.2) is 0 Å². The molecule has 1 amide bonds. The van der Waals surface area contributed by atoms with Crippen molar-refractivity contribution in [2.24, 2.45) is 0 Å². The maximum Gasteiger partial charge on any atom is 0.228 e. The Morgan fingerprint density at radius 3 is 2.62 bits per heavy atom. The summed E-state index contributed by atoms with van der Waals surface area (Å²) in [5, 5.41) is 0. The molecule has 32 heavy (non-hydrogen) atoms. The second-order valence-electron chi connectivity index (χ2n) is 8.05. The minimum Gasteiger partial charge on any atom is -0.383 e. The minimum absolute atomic E-state index is 0.0293. The van der Waals surface area contributed by atoms with E-state index in [4.69, 9.17) is 9.72 Å². The number of imidazole rings is 1. The van der Waals surface area contributed by atoms with Gasteiger partial charge in [-0.25, -0.2) is 4.98 Å². The predicted octanol–water partition coefficient (Wildman–Crippen LogP) is 4.23. The van der Waals surface area contributed by atoms with Crippen molar-refractivity contribution in [1.82, 2.24) is 19.3 Å². The van der Waals surface area contributed by atoms with Crippen molar-refractivity contribution in [2.75, 3.05) is 20.3 Å². The van der Waals surface area contributed by atoms with E-state index in [0.29, 0.717) is 19.7 Å². The van der Waals surface area contributed by atoms with Gasteiger partial charge in [0.25, 0.3) is 0 Å². The van der Waals surface area contributed by atoms with Crippen LogP contribution < -0.4 is 0 Å². The molecule has 0 saturated heterocycles. The standard InChI is InChI=1S/C26H28N4O2/c1-19-6-8-22(9-7-19)26-23(30-12-10-20(2)15-24(30)28-26)16-25(31)29(13-14-32-3)18-21-5-4-11-27-17-21/h4-12,15,17H,13-14,16,18H2,1-3H3. The molecule has 0 fully saturated rings. The summed E-state index contributed by atoms with van der Waals surface area (Å²) >= 11 is 0. The van der Waals surface area contributed by atoms with Gasteiger partial charge in [-0.1, -0.05) is 35.9 Å². The summed E-state index contributed by atoms with van der Waals surface area (Å²) in [5.41, 5.74) is 6.90. The number of rotatable bonds is 8. The van der Waals surface area contributed by atoms with Crippen LogP contribution in [0.1, 0.15) is 22.4 Å². The number of methoxy groups -OCH3 is 1. The summed E-state index contributed by atoms with van der Waals surface area (Å²) in [4.78, 5) is 24.4. The molecule has 0 spiro atoms. The van der Waals surface area contributed by atoms with Crippen molar-refractivity contribution in [3.05, 3.63) is 89.5 Å². The van der Waals surface area contributed by atoms with Crippen molar-refractivity contribution in [3.8, 4) is 11.3 Å². The Hall–Kier alpha value is -3.51. The molecule has 0 N–H and O–H groups in total. The number of ether oxygens (including phenoxy) is 1. The van der Waals surface area contributed by atoms with Crippen LogP contribution >= 0.6 is 0 Å². The zero-order valence-electron chi connectivity index (χ0n) is 18.8. The molecule has 0 unspecified atom stereocenters. The van der Waals surface area contributed by atoms with E-state index in [2.05, 4.69) is 36.2 Å². The lowest BCUT2D eigenvalue weighted by molar-refractivity contribution is -0.131. The molecule has 164 valence electrons. The SMILES string of the molecule is COCCN(Cc1cccnc1)C(=O)Cc1c(-c2ccc(C)cc2)nc2cc(C)ccn12. The Balaban J connectivity index is 1.70. The molecule has 0 aliphatic heterocycles. The second-order valence-corrected chi connectivity index (χ2v) is 8.05. The quantitative estimate of drug-likeness (QED) is 0.421. The molecule has 6 heteroatoms. The number of hydrogen-bond donors (Lipinski definition) is 0. The van der Waals surface area contributed by atoms with Crippen LogP contribution in [0.5, 0.6) is 0 Å². The summed E-state index contributed by atoms with van der Waals surface area (Å²) in [5.74, 6) is 0.0293. The number of carbonyl (C=O) groups is 1. The van der Waals surface area contributed by atoms with Crippen molar-refractivity contribution in [1.29, 1.82) is 0 Å². The number of amides is 1. The maximum atomic E-state index is 13.5. The van der Waals surface area contributed by atoms with E-state index in [-0.39, 0.29) is 12.3 Å². The number of fused-ring (bicyclic) bond motifs is 1. The van der Waals surface area contributed by atoms with E-state index >= 15 is 0 Å². The Labute approximate surface area is 188 Å². The minimum atomic E-state index is 0.0293. The summed E-state index contributed by atoms with van der Waals surface area (Å²) < 4.78 is 7.28. The van der Waals surface area contributed by atoms with Gasteiger partial charge in [-0.15, -0.1) is 0 Å². The predicted molar refractivity (Wildman–Crippen MR) is 125 cm³/mol. The van der Waals surface area contributed by atoms with E-state index in [0.717, 1.165) is 33.7 Å². The Kier molecular flexibility index (Phi) is 6.61. The van der Waals surface area contributed by atoms with Crippen LogP contribution in [0.2, 0.25) is 0 Å². The fourth-order valence-electron chi connectivity index (χ4n) is 3.77. The van der Waals surface area contributed by atoms with Crippen molar-refractivity contribution >= 4 is 11.6 Å². The van der Waals surface area contributed by atoms with Gasteiger partial charge in [-0.2, -0.15) is 0 Å². The van der Waals surface area contributed by atoms with Gasteiger partial charge >= 0.3 is 0 Å². The van der Waals surface area contributed by atoms with Crippen molar-refractivity contribution in [3.63, 3.8) is 0 Å². The molecule has 6 nitrogen and oxygen atoms in total. The Bertz CT molecular complexity index is 1200. The summed E-state index contributed by atoms with van der Waals surface area (Å²) in [6, 6.07) is 16.2. The molecule has 4 rings (SSSR count). The molecule has 0 saturated carbocycles. The normalized spacial score (nSPS) is 11.1. The number of pyridine rings is 2. The van der Waals surface area contributed by atoms with Gasteiger partial charge in [0.2, 0.25) is 5.91 Å². The molecule has 0 bridgehead atoms. The highest BCUT2D eigenvalue weighted by molar-refractivity contribution is 5.81. The lowest BCUT2D eigenvalue weighted by atomic mass is 10.1. The lowest BCUT2D eigenvalue weighted by Crippen LogP contribution is -2.35. The second kappa shape index (κ2) is 9.75. The van der Waals surface area contributed by atoms with Gasteiger partial charge < -0.3 is 14.0 Å². The van der Waals surface area contributed by atoms with Crippen molar-refractivity contribution in [2.45, 2.75) is 26.8 Å². The molecular weight excluding hydrogens is 400 g/mol. The molecule has 4 aromatic rings. The van der Waals surface area contributed by atoms with Crippen LogP contribution in [0.4, 0.5) is 0 Å². The summed E-state index contributed by atoms with van der Waals surface area (Å²) in [7, 11) is 1.65. The molecule has 3 aromatic heterocycles. The first-order chi connectivity index (χ1) is 15.5. The number of aromatic nitrogens is 3. The molecule has 1 aromatic carbocycles. The third-order valence-corrected chi connectivity index (χ3v) is 5.54. The van der Waals surface area contributed by atoms with Gasteiger partial charge in [-0.3, -0.25) is 9.78 Å². The molecule has 0 aliphatic carbocycles. The van der Waals surface area contributed by atoms with E-state index in [1.807, 2.05) is 46.7 Å². The molecule has 0 atom stereocenters. The van der Waals surface area contributed by atoms with Crippen LogP contribution in [0.3, 0.4) is 0 Å². The highest BCUT2D eigenvalue weighted by atomic mass is 16.5. The molecule has 3 heterocycles. The first kappa shape index (κ1) is 21.7. The number of aryl methyl sites for hydroxylation is 2. The smallest absolute Gasteiger partial charge is 0.228 e. The van der Waals surface area contributed by atoms with Gasteiger partial charge in [0, 0.05) is 44.4 Å². The number of nitrogens with zero attached hydrogens (tertiary/aromatic N) is 4. The summed E-state index contributed by atoms with van der Waals surface area (Å²) in [6.45, 7) is 5.59. The van der Waals surface area contributed by atoms with Crippen LogP contribution in [-0.2, 0) is 22.5 Å². The van der Waals surface area contributed by atoms with E-state index in [1.54, 1.807) is 19.5 Å². The Morgan fingerprint density at radius 1 is 1.09 bits per heavy atom. The monoisotopic (exact) mass is 428 g/mol. The highest BCUT2D eigenvalue weighted by Crippen LogP contribution is 2.26. The van der Waals surface area contributed by atoms with Gasteiger partial charge in [0.05, 0.1) is 24.4 Å². The zero-order valence-corrected chi connectivity index (χ0v) is 18.8. The number of hydrogen-bond acceptors (Lipinski definition) is 4. The van der Waals surface area contributed by atoms with Gasteiger partial charge in [0.1, 0.15) is 5.65 Å². The number of benzene rings is 1. The van der Waals surface area contributed by atoms with E-state index in [9.17, 15) is 4.79 Å². The first-order valence-electron chi connectivity index (χ1n) is 10.8. The lowest BCUT2D eigenvalue weighted by Gasteiger charge is -2.22. The highest BCUT2D eigenvalue weighted by Gasteiger charge is 2.21. The topological polar surface area (TPSA) is 59.7 Å². The van der Waals surface area contributed by atoms with Crippen LogP contribution in [0, 0.1) is 13.8 Å². The van der Waals surface area contributed by atoms with Crippen LogP contribution in [-0.4, -0.2) is 45.4 Å². The largest absolute Gasteiger partial charge is 0.383 e. The Morgan fingerprint density at radius 2 is 1.91 bits per heavy atom. The zero-order chi connectivity index (χ0) is 22.5. The molecule has 0 radical (unpaired) electrons. The third-order valence-electron chi connectivity index (χ3n) is 5.54. The average molecular weight is 429 g/mol. The maximum absolute atomic E-state index is 13.5. The van der Waals surface area contributed by atoms with Crippen LogP contribution in [0.15, 0.2) is 67.1 Å². The van der Waals surface area contributed by atoms with E-state index < -0.39 is 0 Å². The number of carbonyl (C=O) groups excluding carboxylic acids is 1. The first-order valence-corrected chi connectivity index (χ1v) is 10.8. The van der Waals surface area contributed by atoms with Crippen LogP contribution in [0.25, 0.3) is 16.9 Å². The fraction of sp³-hybridized carbons (Fsp3) is 0.269. The molecular formula is C26H28N4O2. The van der Waals surface area contributed by atoms with Gasteiger partial charge in [-0.05, 0) is 43.2 Å². The average Bonchev–Trinajstić information content (AvgIpc) is 3.15. The summed E-state index contributed by atoms with van der Waals surface area (Å²) in [6.07, 6.45) is 5.77. The van der Waals surface area contributed by atoms with Crippen molar-refractivity contribution < 1.29 is 9.53 Å². The molecule has 0 aliphatic rings.